The number of anilines is 1. The number of urea groups is 1. The predicted molar refractivity (Wildman–Crippen MR) is 85.5 cm³/mol. The Morgan fingerprint density at radius 1 is 1.33 bits per heavy atom. The van der Waals surface area contributed by atoms with Crippen LogP contribution in [0.4, 0.5) is 10.5 Å². The summed E-state index contributed by atoms with van der Waals surface area (Å²) < 4.78 is 5.45. The summed E-state index contributed by atoms with van der Waals surface area (Å²) in [7, 11) is 0. The van der Waals surface area contributed by atoms with Gasteiger partial charge in [0, 0.05) is 18.0 Å². The number of amides is 2. The van der Waals surface area contributed by atoms with Crippen LogP contribution in [-0.2, 0) is 0 Å². The average Bonchev–Trinajstić information content (AvgIpc) is 3.13. The van der Waals surface area contributed by atoms with Crippen molar-refractivity contribution in [3.8, 4) is 0 Å². The van der Waals surface area contributed by atoms with Crippen molar-refractivity contribution in [3.05, 3.63) is 53.5 Å². The maximum absolute atomic E-state index is 12.5. The number of carbonyl (C=O) groups is 1. The van der Waals surface area contributed by atoms with Crippen LogP contribution in [0, 0.1) is 13.8 Å². The molecule has 0 spiro atoms. The molecular formula is C16H18N2O2S. The summed E-state index contributed by atoms with van der Waals surface area (Å²) in [6, 6.07) is 9.64. The van der Waals surface area contributed by atoms with E-state index in [1.165, 1.54) is 5.56 Å². The molecule has 0 saturated carbocycles. The largest absolute Gasteiger partial charge is 0.466 e. The van der Waals surface area contributed by atoms with Gasteiger partial charge >= 0.3 is 6.03 Å². The minimum absolute atomic E-state index is 0.0369. The number of thioether (sulfide) groups is 1. The van der Waals surface area contributed by atoms with Crippen molar-refractivity contribution in [1.29, 1.82) is 0 Å². The van der Waals surface area contributed by atoms with Gasteiger partial charge in [-0.05, 0) is 43.2 Å². The van der Waals surface area contributed by atoms with Gasteiger partial charge in [-0.3, -0.25) is 0 Å². The molecule has 0 radical (unpaired) electrons. The van der Waals surface area contributed by atoms with Crippen LogP contribution in [0.3, 0.4) is 0 Å². The van der Waals surface area contributed by atoms with E-state index in [0.29, 0.717) is 0 Å². The molecule has 4 nitrogen and oxygen atoms in total. The Balaban J connectivity index is 1.77. The Morgan fingerprint density at radius 3 is 2.95 bits per heavy atom. The minimum Gasteiger partial charge on any atom is -0.466 e. The van der Waals surface area contributed by atoms with Crippen molar-refractivity contribution in [2.45, 2.75) is 19.2 Å². The molecule has 1 unspecified atom stereocenters. The maximum atomic E-state index is 12.5. The van der Waals surface area contributed by atoms with Crippen molar-refractivity contribution in [2.24, 2.45) is 0 Å². The van der Waals surface area contributed by atoms with Crippen LogP contribution >= 0.6 is 11.8 Å². The van der Waals surface area contributed by atoms with Gasteiger partial charge in [0.05, 0.1) is 6.26 Å². The first-order valence-corrected chi connectivity index (χ1v) is 8.00. The molecule has 1 aliphatic heterocycles. The monoisotopic (exact) mass is 302 g/mol. The summed E-state index contributed by atoms with van der Waals surface area (Å²) in [5, 5.41) is 2.98. The number of benzene rings is 1. The second kappa shape index (κ2) is 5.85. The second-order valence-electron chi connectivity index (χ2n) is 5.11. The van der Waals surface area contributed by atoms with Gasteiger partial charge in [0.1, 0.15) is 11.1 Å². The van der Waals surface area contributed by atoms with E-state index in [4.69, 9.17) is 4.42 Å². The van der Waals surface area contributed by atoms with E-state index in [-0.39, 0.29) is 11.4 Å². The summed E-state index contributed by atoms with van der Waals surface area (Å²) in [4.78, 5) is 14.4. The zero-order valence-electron chi connectivity index (χ0n) is 12.1. The van der Waals surface area contributed by atoms with E-state index in [2.05, 4.69) is 5.32 Å². The molecule has 1 N–H and O–H groups in total. The Kier molecular flexibility index (Phi) is 3.92. The van der Waals surface area contributed by atoms with Crippen LogP contribution < -0.4 is 5.32 Å². The Hall–Kier alpha value is -1.88. The van der Waals surface area contributed by atoms with Gasteiger partial charge in [-0.15, -0.1) is 11.8 Å². The van der Waals surface area contributed by atoms with Crippen molar-refractivity contribution in [1.82, 2.24) is 4.90 Å². The molecule has 0 aliphatic carbocycles. The first kappa shape index (κ1) is 14.1. The molecule has 0 bridgehead atoms. The number of hydrogen-bond acceptors (Lipinski definition) is 3. The number of nitrogens with one attached hydrogen (secondary N) is 1. The summed E-state index contributed by atoms with van der Waals surface area (Å²) in [5.41, 5.74) is 3.15. The fourth-order valence-electron chi connectivity index (χ4n) is 2.42. The molecule has 1 aromatic carbocycles. The third-order valence-electron chi connectivity index (χ3n) is 3.78. The highest BCUT2D eigenvalue weighted by molar-refractivity contribution is 7.99. The molecule has 2 heterocycles. The molecule has 1 aliphatic rings. The Labute approximate surface area is 128 Å². The van der Waals surface area contributed by atoms with Crippen LogP contribution in [0.25, 0.3) is 0 Å². The standard InChI is InChI=1S/C16H18N2O2S/c1-11-5-3-6-13(12(11)2)17-16(19)18-8-10-21-15(18)14-7-4-9-20-14/h3-7,9,15H,8,10H2,1-2H3,(H,17,19). The fourth-order valence-corrected chi connectivity index (χ4v) is 3.62. The zero-order chi connectivity index (χ0) is 14.8. The normalized spacial score (nSPS) is 18.0. The second-order valence-corrected chi connectivity index (χ2v) is 6.30. The highest BCUT2D eigenvalue weighted by atomic mass is 32.2. The summed E-state index contributed by atoms with van der Waals surface area (Å²) in [5.74, 6) is 1.75. The van der Waals surface area contributed by atoms with E-state index in [1.807, 2.05) is 49.1 Å². The van der Waals surface area contributed by atoms with Crippen LogP contribution in [-0.4, -0.2) is 23.2 Å². The van der Waals surface area contributed by atoms with Crippen molar-refractivity contribution >= 4 is 23.5 Å². The molecule has 1 fully saturated rings. The lowest BCUT2D eigenvalue weighted by Crippen LogP contribution is -2.34. The zero-order valence-corrected chi connectivity index (χ0v) is 12.9. The van der Waals surface area contributed by atoms with Crippen LogP contribution in [0.5, 0.6) is 0 Å². The molecule has 2 aromatic rings. The maximum Gasteiger partial charge on any atom is 0.323 e. The average molecular weight is 302 g/mol. The minimum atomic E-state index is -0.0740. The summed E-state index contributed by atoms with van der Waals surface area (Å²) in [6.45, 7) is 4.79. The fraction of sp³-hybridized carbons (Fsp3) is 0.312. The molecule has 1 aromatic heterocycles. The number of aryl methyl sites for hydroxylation is 1. The first-order chi connectivity index (χ1) is 10.2. The summed E-state index contributed by atoms with van der Waals surface area (Å²) in [6.07, 6.45) is 1.65. The van der Waals surface area contributed by atoms with Gasteiger partial charge in [0.2, 0.25) is 0 Å². The molecule has 110 valence electrons. The lowest BCUT2D eigenvalue weighted by molar-refractivity contribution is 0.209. The van der Waals surface area contributed by atoms with E-state index in [0.717, 1.165) is 29.3 Å². The van der Waals surface area contributed by atoms with Crippen LogP contribution in [0.15, 0.2) is 41.0 Å². The molecule has 2 amide bonds. The summed E-state index contributed by atoms with van der Waals surface area (Å²) >= 11 is 1.73. The molecule has 3 rings (SSSR count). The topological polar surface area (TPSA) is 45.5 Å². The Bertz CT molecular complexity index is 640. The van der Waals surface area contributed by atoms with E-state index < -0.39 is 0 Å². The molecular weight excluding hydrogens is 284 g/mol. The van der Waals surface area contributed by atoms with Crippen molar-refractivity contribution in [2.75, 3.05) is 17.6 Å². The van der Waals surface area contributed by atoms with Crippen molar-refractivity contribution in [3.63, 3.8) is 0 Å². The molecule has 21 heavy (non-hydrogen) atoms. The lowest BCUT2D eigenvalue weighted by Gasteiger charge is -2.23. The lowest BCUT2D eigenvalue weighted by atomic mass is 10.1. The third-order valence-corrected chi connectivity index (χ3v) is 5.01. The number of carbonyl (C=O) groups excluding carboxylic acids is 1. The van der Waals surface area contributed by atoms with Crippen molar-refractivity contribution < 1.29 is 9.21 Å². The van der Waals surface area contributed by atoms with Gasteiger partial charge in [-0.2, -0.15) is 0 Å². The third kappa shape index (κ3) is 2.78. The number of hydrogen-bond donors (Lipinski definition) is 1. The Morgan fingerprint density at radius 2 is 2.19 bits per heavy atom. The highest BCUT2D eigenvalue weighted by Gasteiger charge is 2.32. The number of rotatable bonds is 2. The first-order valence-electron chi connectivity index (χ1n) is 6.95. The molecule has 1 atom stereocenters. The number of furan rings is 1. The van der Waals surface area contributed by atoms with Crippen LogP contribution in [0.1, 0.15) is 22.3 Å². The quantitative estimate of drug-likeness (QED) is 0.905. The molecule has 5 heteroatoms. The van der Waals surface area contributed by atoms with E-state index in [9.17, 15) is 4.79 Å². The van der Waals surface area contributed by atoms with Gasteiger partial charge in [0.15, 0.2) is 0 Å². The predicted octanol–water partition coefficient (Wildman–Crippen LogP) is 4.18. The highest BCUT2D eigenvalue weighted by Crippen LogP contribution is 2.38. The van der Waals surface area contributed by atoms with Gasteiger partial charge in [0.25, 0.3) is 0 Å². The van der Waals surface area contributed by atoms with Gasteiger partial charge in [-0.1, -0.05) is 12.1 Å². The SMILES string of the molecule is Cc1cccc(NC(=O)N2CCSC2c2ccco2)c1C. The van der Waals surface area contributed by atoms with E-state index in [1.54, 1.807) is 18.0 Å². The van der Waals surface area contributed by atoms with Gasteiger partial charge in [-0.25, -0.2) is 4.79 Å². The number of nitrogens with zero attached hydrogens (tertiary/aromatic N) is 1. The van der Waals surface area contributed by atoms with Crippen LogP contribution in [0.2, 0.25) is 0 Å². The molecule has 1 saturated heterocycles. The van der Waals surface area contributed by atoms with E-state index >= 15 is 0 Å². The van der Waals surface area contributed by atoms with Gasteiger partial charge < -0.3 is 14.6 Å². The smallest absolute Gasteiger partial charge is 0.323 e.